The van der Waals surface area contributed by atoms with E-state index in [1.165, 1.54) is 24.0 Å². The number of aryl methyl sites for hydroxylation is 1. The van der Waals surface area contributed by atoms with Gasteiger partial charge in [-0.25, -0.2) is 9.97 Å². The lowest BCUT2D eigenvalue weighted by molar-refractivity contribution is 0.112. The molecule has 7 heteroatoms. The number of rotatable bonds is 3. The summed E-state index contributed by atoms with van der Waals surface area (Å²) in [5, 5.41) is 1.03. The maximum absolute atomic E-state index is 11.2. The van der Waals surface area contributed by atoms with Crippen LogP contribution in [0.2, 0.25) is 0 Å². The van der Waals surface area contributed by atoms with E-state index in [0.29, 0.717) is 15.7 Å². The number of anilines is 1. The van der Waals surface area contributed by atoms with Gasteiger partial charge in [-0.15, -0.1) is 0 Å². The molecular weight excluding hydrogens is 252 g/mol. The van der Waals surface area contributed by atoms with Crippen molar-refractivity contribution < 1.29 is 4.79 Å². The quantitative estimate of drug-likeness (QED) is 0.632. The smallest absolute Gasteiger partial charge is 0.253 e. The highest BCUT2D eigenvalue weighted by atomic mass is 32.2. The third kappa shape index (κ3) is 2.75. The van der Waals surface area contributed by atoms with Crippen molar-refractivity contribution in [2.24, 2.45) is 0 Å². The van der Waals surface area contributed by atoms with Crippen LogP contribution in [-0.2, 0) is 0 Å². The first-order valence-corrected chi connectivity index (χ1v) is 5.86. The minimum atomic E-state index is -0.313. The van der Waals surface area contributed by atoms with Gasteiger partial charge < -0.3 is 10.7 Å². The highest BCUT2D eigenvalue weighted by Crippen LogP contribution is 2.25. The van der Waals surface area contributed by atoms with E-state index in [0.717, 1.165) is 11.8 Å². The summed E-state index contributed by atoms with van der Waals surface area (Å²) in [6.45, 7) is 1.83. The van der Waals surface area contributed by atoms with Gasteiger partial charge >= 0.3 is 0 Å². The van der Waals surface area contributed by atoms with Crippen LogP contribution >= 0.6 is 11.8 Å². The average molecular weight is 262 g/mol. The molecule has 0 saturated carbocycles. The van der Waals surface area contributed by atoms with E-state index in [2.05, 4.69) is 15.0 Å². The molecular formula is C11H10N4O2S. The van der Waals surface area contributed by atoms with Crippen LogP contribution in [0.5, 0.6) is 0 Å². The average Bonchev–Trinajstić information content (AvgIpc) is 2.30. The van der Waals surface area contributed by atoms with Crippen LogP contribution in [0, 0.1) is 6.92 Å². The second kappa shape index (κ2) is 5.01. The van der Waals surface area contributed by atoms with Crippen LogP contribution in [0.4, 0.5) is 5.82 Å². The maximum atomic E-state index is 11.2. The van der Waals surface area contributed by atoms with Crippen molar-refractivity contribution in [1.29, 1.82) is 0 Å². The SMILES string of the molecule is Cc1cc(C=O)cnc1Sc1nc(N)cc(=O)[nH]1. The fourth-order valence-electron chi connectivity index (χ4n) is 1.35. The van der Waals surface area contributed by atoms with Gasteiger partial charge in [-0.05, 0) is 30.3 Å². The molecule has 0 aliphatic heterocycles. The molecule has 0 aliphatic carbocycles. The Morgan fingerprint density at radius 3 is 2.83 bits per heavy atom. The van der Waals surface area contributed by atoms with E-state index in [1.807, 2.05) is 6.92 Å². The zero-order chi connectivity index (χ0) is 13.1. The van der Waals surface area contributed by atoms with Crippen molar-refractivity contribution in [2.75, 3.05) is 5.73 Å². The second-order valence-corrected chi connectivity index (χ2v) is 4.56. The number of nitrogens with one attached hydrogen (secondary N) is 1. The van der Waals surface area contributed by atoms with Gasteiger partial charge in [0.25, 0.3) is 5.56 Å². The van der Waals surface area contributed by atoms with Crippen LogP contribution in [-0.4, -0.2) is 21.2 Å². The number of nitrogens with two attached hydrogens (primary N) is 1. The molecule has 92 valence electrons. The number of carbonyl (C=O) groups excluding carboxylic acids is 1. The lowest BCUT2D eigenvalue weighted by atomic mass is 10.2. The number of aldehydes is 1. The summed E-state index contributed by atoms with van der Waals surface area (Å²) in [7, 11) is 0. The molecule has 0 bridgehead atoms. The van der Waals surface area contributed by atoms with Crippen LogP contribution in [0.1, 0.15) is 15.9 Å². The van der Waals surface area contributed by atoms with Gasteiger partial charge in [0.2, 0.25) is 0 Å². The summed E-state index contributed by atoms with van der Waals surface area (Å²) in [5.74, 6) is 0.156. The largest absolute Gasteiger partial charge is 0.383 e. The van der Waals surface area contributed by atoms with Gasteiger partial charge in [0.05, 0.1) is 0 Å². The molecule has 0 radical (unpaired) electrons. The van der Waals surface area contributed by atoms with E-state index in [9.17, 15) is 9.59 Å². The zero-order valence-corrected chi connectivity index (χ0v) is 10.3. The Morgan fingerprint density at radius 1 is 1.44 bits per heavy atom. The molecule has 0 atom stereocenters. The molecule has 0 fully saturated rings. The Kier molecular flexibility index (Phi) is 3.42. The summed E-state index contributed by atoms with van der Waals surface area (Å²) in [6, 6.07) is 2.92. The van der Waals surface area contributed by atoms with Crippen molar-refractivity contribution in [3.05, 3.63) is 39.8 Å². The van der Waals surface area contributed by atoms with Crippen molar-refractivity contribution in [1.82, 2.24) is 15.0 Å². The Bertz CT molecular complexity index is 654. The third-order valence-electron chi connectivity index (χ3n) is 2.12. The molecule has 2 aromatic rings. The van der Waals surface area contributed by atoms with Crippen molar-refractivity contribution in [2.45, 2.75) is 17.1 Å². The topological polar surface area (TPSA) is 102 Å². The molecule has 0 unspecified atom stereocenters. The summed E-state index contributed by atoms with van der Waals surface area (Å²) in [4.78, 5) is 32.5. The summed E-state index contributed by atoms with van der Waals surface area (Å²) in [6.07, 6.45) is 2.20. The molecule has 18 heavy (non-hydrogen) atoms. The van der Waals surface area contributed by atoms with Crippen molar-refractivity contribution in [3.63, 3.8) is 0 Å². The highest BCUT2D eigenvalue weighted by Gasteiger charge is 2.06. The second-order valence-electron chi connectivity index (χ2n) is 3.59. The number of nitrogens with zero attached hydrogens (tertiary/aromatic N) is 2. The van der Waals surface area contributed by atoms with Gasteiger partial charge in [0.1, 0.15) is 10.8 Å². The molecule has 0 spiro atoms. The number of aromatic amines is 1. The fourth-order valence-corrected chi connectivity index (χ4v) is 2.16. The molecule has 0 aromatic carbocycles. The zero-order valence-electron chi connectivity index (χ0n) is 9.51. The summed E-state index contributed by atoms with van der Waals surface area (Å²) < 4.78 is 0. The Balaban J connectivity index is 2.33. The van der Waals surface area contributed by atoms with Gasteiger partial charge in [-0.3, -0.25) is 9.59 Å². The molecule has 2 heterocycles. The van der Waals surface area contributed by atoms with Gasteiger partial charge in [0.15, 0.2) is 11.4 Å². The van der Waals surface area contributed by atoms with Crippen LogP contribution < -0.4 is 11.3 Å². The lowest BCUT2D eigenvalue weighted by Gasteiger charge is -2.04. The number of hydrogen-bond donors (Lipinski definition) is 2. The van der Waals surface area contributed by atoms with E-state index < -0.39 is 0 Å². The minimum Gasteiger partial charge on any atom is -0.383 e. The first kappa shape index (κ1) is 12.3. The summed E-state index contributed by atoms with van der Waals surface area (Å²) in [5.41, 5.74) is 6.51. The predicted molar refractivity (Wildman–Crippen MR) is 67.8 cm³/mol. The minimum absolute atomic E-state index is 0.156. The molecule has 3 N–H and O–H groups in total. The Labute approximate surface area is 107 Å². The summed E-state index contributed by atoms with van der Waals surface area (Å²) >= 11 is 1.19. The van der Waals surface area contributed by atoms with E-state index >= 15 is 0 Å². The predicted octanol–water partition coefficient (Wildman–Crippen LogP) is 1.02. The Hall–Kier alpha value is -2.15. The maximum Gasteiger partial charge on any atom is 0.253 e. The lowest BCUT2D eigenvalue weighted by Crippen LogP contribution is -2.09. The number of H-pyrrole nitrogens is 1. The highest BCUT2D eigenvalue weighted by molar-refractivity contribution is 7.99. The molecule has 2 aromatic heterocycles. The number of pyridine rings is 1. The van der Waals surface area contributed by atoms with Gasteiger partial charge in [0, 0.05) is 17.8 Å². The normalized spacial score (nSPS) is 10.3. The first-order valence-electron chi connectivity index (χ1n) is 5.05. The molecule has 0 aliphatic rings. The van der Waals surface area contributed by atoms with E-state index in [1.54, 1.807) is 6.07 Å². The van der Waals surface area contributed by atoms with Crippen LogP contribution in [0.25, 0.3) is 0 Å². The number of nitrogen functional groups attached to an aromatic ring is 1. The Morgan fingerprint density at radius 2 is 2.22 bits per heavy atom. The van der Waals surface area contributed by atoms with E-state index in [4.69, 9.17) is 5.73 Å². The fraction of sp³-hybridized carbons (Fsp3) is 0.0909. The van der Waals surface area contributed by atoms with Gasteiger partial charge in [-0.2, -0.15) is 0 Å². The van der Waals surface area contributed by atoms with Crippen LogP contribution in [0.3, 0.4) is 0 Å². The first-order chi connectivity index (χ1) is 8.58. The number of carbonyl (C=O) groups is 1. The van der Waals surface area contributed by atoms with E-state index in [-0.39, 0.29) is 11.4 Å². The molecule has 0 saturated heterocycles. The standard InChI is InChI=1S/C11H10N4O2S/c1-6-2-7(5-16)4-13-10(6)18-11-14-8(12)3-9(17)15-11/h2-5H,1H3,(H3,12,14,15,17). The monoisotopic (exact) mass is 262 g/mol. The van der Waals surface area contributed by atoms with Crippen LogP contribution in [0.15, 0.2) is 33.3 Å². The third-order valence-corrected chi connectivity index (χ3v) is 3.13. The molecule has 6 nitrogen and oxygen atoms in total. The van der Waals surface area contributed by atoms with Crippen molar-refractivity contribution >= 4 is 23.9 Å². The van der Waals surface area contributed by atoms with Gasteiger partial charge in [-0.1, -0.05) is 0 Å². The van der Waals surface area contributed by atoms with Crippen molar-refractivity contribution in [3.8, 4) is 0 Å². The number of aromatic nitrogens is 3. The number of hydrogen-bond acceptors (Lipinski definition) is 6. The molecule has 2 rings (SSSR count). The molecule has 0 amide bonds.